The van der Waals surface area contributed by atoms with E-state index in [9.17, 15) is 13.5 Å². The van der Waals surface area contributed by atoms with Crippen LogP contribution < -0.4 is 0 Å². The van der Waals surface area contributed by atoms with E-state index in [0.717, 1.165) is 6.26 Å². The summed E-state index contributed by atoms with van der Waals surface area (Å²) < 4.78 is 24.8. The van der Waals surface area contributed by atoms with Gasteiger partial charge in [0.1, 0.15) is 5.75 Å². The van der Waals surface area contributed by atoms with E-state index in [4.69, 9.17) is 0 Å². The summed E-state index contributed by atoms with van der Waals surface area (Å²) in [6.45, 7) is 0. The molecule has 0 aliphatic carbocycles. The van der Waals surface area contributed by atoms with E-state index in [1.165, 1.54) is 16.2 Å². The molecule has 2 rings (SSSR count). The summed E-state index contributed by atoms with van der Waals surface area (Å²) in [5.41, 5.74) is 0.502. The third-order valence-corrected chi connectivity index (χ3v) is 3.92. The maximum atomic E-state index is 11.4. The van der Waals surface area contributed by atoms with Crippen LogP contribution in [0.25, 0.3) is 10.9 Å². The van der Waals surface area contributed by atoms with E-state index in [-0.39, 0.29) is 5.75 Å². The molecule has 0 saturated heterocycles. The van der Waals surface area contributed by atoms with Crippen LogP contribution in [0.15, 0.2) is 24.4 Å². The highest BCUT2D eigenvalue weighted by Gasteiger charge is 2.15. The molecule has 1 N–H and O–H groups in total. The number of phenolic OH excluding ortho intramolecular Hbond substituents is 1. The minimum atomic E-state index is -3.32. The molecule has 0 fully saturated rings. The zero-order valence-corrected chi connectivity index (χ0v) is 10.8. The van der Waals surface area contributed by atoms with Crippen LogP contribution in [-0.4, -0.2) is 23.8 Å². The van der Waals surface area contributed by atoms with E-state index < -0.39 is 10.0 Å². The predicted molar refractivity (Wildman–Crippen MR) is 66.6 cm³/mol. The number of aromatic hydroxyl groups is 1. The van der Waals surface area contributed by atoms with Crippen molar-refractivity contribution in [1.82, 2.24) is 3.97 Å². The lowest BCUT2D eigenvalue weighted by Crippen LogP contribution is -2.07. The van der Waals surface area contributed by atoms with Crippen molar-refractivity contribution in [2.75, 3.05) is 6.26 Å². The number of nitrogens with zero attached hydrogens (tertiary/aromatic N) is 1. The van der Waals surface area contributed by atoms with Gasteiger partial charge < -0.3 is 5.11 Å². The molecule has 2 aromatic rings. The Kier molecular flexibility index (Phi) is 2.42. The molecule has 1 heterocycles. The standard InChI is InChI=1S/C9H8INO3S/c1-15(13,14)11-5-6(10)9-7(11)3-2-4-8(9)12/h2-5,12H,1H3. The average molecular weight is 337 g/mol. The van der Waals surface area contributed by atoms with Gasteiger partial charge in [0.25, 0.3) is 0 Å². The van der Waals surface area contributed by atoms with Gasteiger partial charge >= 0.3 is 0 Å². The molecule has 1 aromatic carbocycles. The van der Waals surface area contributed by atoms with Crippen molar-refractivity contribution in [3.8, 4) is 5.75 Å². The second-order valence-corrected chi connectivity index (χ2v) is 6.23. The van der Waals surface area contributed by atoms with Gasteiger partial charge in [-0.05, 0) is 34.7 Å². The van der Waals surface area contributed by atoms with Crippen molar-refractivity contribution in [3.63, 3.8) is 0 Å². The second-order valence-electron chi connectivity index (χ2n) is 3.21. The summed E-state index contributed by atoms with van der Waals surface area (Å²) in [7, 11) is -3.32. The molecule has 80 valence electrons. The minimum absolute atomic E-state index is 0.0966. The molecular weight excluding hydrogens is 329 g/mol. The van der Waals surface area contributed by atoms with Gasteiger partial charge in [-0.15, -0.1) is 0 Å². The highest BCUT2D eigenvalue weighted by Crippen LogP contribution is 2.31. The van der Waals surface area contributed by atoms with Gasteiger partial charge in [0.2, 0.25) is 10.0 Å². The first-order valence-electron chi connectivity index (χ1n) is 4.10. The lowest BCUT2D eigenvalue weighted by Gasteiger charge is -2.01. The van der Waals surface area contributed by atoms with Crippen molar-refractivity contribution < 1.29 is 13.5 Å². The molecule has 1 aromatic heterocycles. The van der Waals surface area contributed by atoms with Gasteiger partial charge in [-0.25, -0.2) is 12.4 Å². The highest BCUT2D eigenvalue weighted by molar-refractivity contribution is 14.1. The van der Waals surface area contributed by atoms with Gasteiger partial charge in [-0.2, -0.15) is 0 Å². The molecule has 0 saturated carbocycles. The van der Waals surface area contributed by atoms with Crippen molar-refractivity contribution in [3.05, 3.63) is 28.0 Å². The lowest BCUT2D eigenvalue weighted by atomic mass is 10.2. The second kappa shape index (κ2) is 3.38. The van der Waals surface area contributed by atoms with Crippen molar-refractivity contribution >= 4 is 43.5 Å². The molecule has 0 spiro atoms. The molecule has 4 nitrogen and oxygen atoms in total. The van der Waals surface area contributed by atoms with Gasteiger partial charge in [-0.1, -0.05) is 6.07 Å². The number of benzene rings is 1. The maximum absolute atomic E-state index is 11.4. The number of rotatable bonds is 1. The molecule has 0 amide bonds. The first kappa shape index (κ1) is 10.7. The number of hydrogen-bond donors (Lipinski definition) is 1. The van der Waals surface area contributed by atoms with Crippen LogP contribution in [-0.2, 0) is 10.0 Å². The normalized spacial score (nSPS) is 12.1. The minimum Gasteiger partial charge on any atom is -0.507 e. The van der Waals surface area contributed by atoms with Gasteiger partial charge in [0, 0.05) is 9.77 Å². The Morgan fingerprint density at radius 2 is 2.07 bits per heavy atom. The van der Waals surface area contributed by atoms with E-state index >= 15 is 0 Å². The molecule has 0 radical (unpaired) electrons. The molecule has 0 unspecified atom stereocenters. The third kappa shape index (κ3) is 1.71. The smallest absolute Gasteiger partial charge is 0.236 e. The Hall–Kier alpha value is -0.760. The van der Waals surface area contributed by atoms with E-state index in [1.54, 1.807) is 12.1 Å². The SMILES string of the molecule is CS(=O)(=O)n1cc(I)c2c(O)cccc21. The third-order valence-electron chi connectivity index (χ3n) is 2.08. The fraction of sp³-hybridized carbons (Fsp3) is 0.111. The predicted octanol–water partition coefficient (Wildman–Crippen LogP) is 1.76. The van der Waals surface area contributed by atoms with Crippen molar-refractivity contribution in [2.24, 2.45) is 0 Å². The Morgan fingerprint density at radius 3 is 2.67 bits per heavy atom. The van der Waals surface area contributed by atoms with Gasteiger partial charge in [-0.3, -0.25) is 0 Å². The van der Waals surface area contributed by atoms with Crippen LogP contribution in [0.4, 0.5) is 0 Å². The largest absolute Gasteiger partial charge is 0.507 e. The van der Waals surface area contributed by atoms with Gasteiger partial charge in [0.05, 0.1) is 17.2 Å². The summed E-state index contributed by atoms with van der Waals surface area (Å²) in [5, 5.41) is 10.2. The van der Waals surface area contributed by atoms with E-state index in [1.807, 2.05) is 22.6 Å². The monoisotopic (exact) mass is 337 g/mol. The molecule has 0 aliphatic rings. The Balaban J connectivity index is 2.98. The Labute approximate surface area is 101 Å². The summed E-state index contributed by atoms with van der Waals surface area (Å²) >= 11 is 2.00. The molecule has 0 aliphatic heterocycles. The molecule has 0 bridgehead atoms. The number of halogens is 1. The van der Waals surface area contributed by atoms with Crippen LogP contribution >= 0.6 is 22.6 Å². The van der Waals surface area contributed by atoms with Crippen molar-refractivity contribution in [1.29, 1.82) is 0 Å². The molecule has 0 atom stereocenters. The average Bonchev–Trinajstić information content (AvgIpc) is 2.44. The zero-order valence-electron chi connectivity index (χ0n) is 7.81. The highest BCUT2D eigenvalue weighted by atomic mass is 127. The number of fused-ring (bicyclic) bond motifs is 1. The fourth-order valence-electron chi connectivity index (χ4n) is 1.47. The van der Waals surface area contributed by atoms with Crippen LogP contribution in [0.1, 0.15) is 0 Å². The van der Waals surface area contributed by atoms with Crippen LogP contribution in [0.2, 0.25) is 0 Å². The first-order valence-corrected chi connectivity index (χ1v) is 7.03. The topological polar surface area (TPSA) is 59.3 Å². The number of phenols is 1. The van der Waals surface area contributed by atoms with Crippen LogP contribution in [0, 0.1) is 3.57 Å². The molecule has 6 heteroatoms. The quantitative estimate of drug-likeness (QED) is 0.807. The van der Waals surface area contributed by atoms with Gasteiger partial charge in [0.15, 0.2) is 0 Å². The van der Waals surface area contributed by atoms with E-state index in [0.29, 0.717) is 14.5 Å². The Morgan fingerprint density at radius 1 is 1.40 bits per heavy atom. The Bertz CT molecular complexity index is 630. The fourth-order valence-corrected chi connectivity index (χ4v) is 3.29. The summed E-state index contributed by atoms with van der Waals surface area (Å²) in [6, 6.07) is 4.82. The number of hydrogen-bond acceptors (Lipinski definition) is 3. The molecule has 15 heavy (non-hydrogen) atoms. The zero-order chi connectivity index (χ0) is 11.2. The maximum Gasteiger partial charge on any atom is 0.236 e. The summed E-state index contributed by atoms with van der Waals surface area (Å²) in [6.07, 6.45) is 2.63. The molecular formula is C9H8INO3S. The lowest BCUT2D eigenvalue weighted by molar-refractivity contribution is 0.481. The first-order chi connectivity index (χ1) is 6.91. The summed E-state index contributed by atoms with van der Waals surface area (Å²) in [5.74, 6) is 0.0966. The van der Waals surface area contributed by atoms with Crippen LogP contribution in [0.5, 0.6) is 5.75 Å². The summed E-state index contributed by atoms with van der Waals surface area (Å²) in [4.78, 5) is 0. The van der Waals surface area contributed by atoms with Crippen molar-refractivity contribution in [2.45, 2.75) is 0 Å². The van der Waals surface area contributed by atoms with Crippen LogP contribution in [0.3, 0.4) is 0 Å². The van der Waals surface area contributed by atoms with E-state index in [2.05, 4.69) is 0 Å². The number of aromatic nitrogens is 1.